The SMILES string of the molecule is C#CCS/C(=C(\C#N)N=Nc1ccccc1)N1CCCCC1. The molecular weight excluding hydrogens is 292 g/mol. The summed E-state index contributed by atoms with van der Waals surface area (Å²) >= 11 is 1.49. The minimum Gasteiger partial charge on any atom is -0.364 e. The van der Waals surface area contributed by atoms with Crippen molar-refractivity contribution in [1.29, 1.82) is 5.26 Å². The Balaban J connectivity index is 2.25. The van der Waals surface area contributed by atoms with Crippen molar-refractivity contribution in [2.75, 3.05) is 18.8 Å². The summed E-state index contributed by atoms with van der Waals surface area (Å²) in [7, 11) is 0. The second-order valence-electron chi connectivity index (χ2n) is 4.84. The zero-order chi connectivity index (χ0) is 15.6. The highest BCUT2D eigenvalue weighted by molar-refractivity contribution is 8.03. The predicted octanol–water partition coefficient (Wildman–Crippen LogP) is 4.32. The first-order valence-electron chi connectivity index (χ1n) is 7.27. The number of piperidine rings is 1. The topological polar surface area (TPSA) is 51.8 Å². The van der Waals surface area contributed by atoms with Gasteiger partial charge in [-0.25, -0.2) is 0 Å². The number of benzene rings is 1. The van der Waals surface area contributed by atoms with Crippen LogP contribution in [0.4, 0.5) is 5.69 Å². The molecule has 0 amide bonds. The molecule has 112 valence electrons. The summed E-state index contributed by atoms with van der Waals surface area (Å²) in [6.07, 6.45) is 8.86. The number of hydrogen-bond acceptors (Lipinski definition) is 5. The molecule has 0 aromatic heterocycles. The van der Waals surface area contributed by atoms with Gasteiger partial charge in [0.2, 0.25) is 0 Å². The summed E-state index contributed by atoms with van der Waals surface area (Å²) in [4.78, 5) is 2.20. The number of thioether (sulfide) groups is 1. The highest BCUT2D eigenvalue weighted by Gasteiger charge is 2.18. The average Bonchev–Trinajstić information content (AvgIpc) is 2.59. The molecule has 0 unspecified atom stereocenters. The van der Waals surface area contributed by atoms with E-state index in [4.69, 9.17) is 6.42 Å². The van der Waals surface area contributed by atoms with Crippen molar-refractivity contribution < 1.29 is 0 Å². The molecule has 2 rings (SSSR count). The standard InChI is InChI=1S/C17H18N4S/c1-2-13-22-17(21-11-7-4-8-12-21)16(14-18)20-19-15-9-5-3-6-10-15/h1,3,5-6,9-10H,4,7-8,11-13H2/b17-16+,20-19?. The van der Waals surface area contributed by atoms with Crippen LogP contribution in [-0.2, 0) is 0 Å². The fourth-order valence-corrected chi connectivity index (χ4v) is 3.04. The Bertz CT molecular complexity index is 616. The number of terminal acetylenes is 1. The molecule has 0 spiro atoms. The van der Waals surface area contributed by atoms with Gasteiger partial charge in [0.1, 0.15) is 11.1 Å². The molecule has 0 bridgehead atoms. The molecule has 0 saturated carbocycles. The van der Waals surface area contributed by atoms with Gasteiger partial charge in [-0.3, -0.25) is 0 Å². The van der Waals surface area contributed by atoms with E-state index in [9.17, 15) is 5.26 Å². The molecule has 4 nitrogen and oxygen atoms in total. The Morgan fingerprint density at radius 1 is 1.23 bits per heavy atom. The minimum atomic E-state index is 0.339. The Labute approximate surface area is 135 Å². The first kappa shape index (κ1) is 16.1. The summed E-state index contributed by atoms with van der Waals surface area (Å²) in [6, 6.07) is 11.6. The van der Waals surface area contributed by atoms with E-state index in [0.717, 1.165) is 36.6 Å². The highest BCUT2D eigenvalue weighted by Crippen LogP contribution is 2.28. The molecule has 1 fully saturated rings. The van der Waals surface area contributed by atoms with Crippen LogP contribution in [0.3, 0.4) is 0 Å². The molecule has 1 heterocycles. The van der Waals surface area contributed by atoms with Gasteiger partial charge in [0, 0.05) is 13.1 Å². The summed E-state index contributed by atoms with van der Waals surface area (Å²) in [5.41, 5.74) is 1.07. The monoisotopic (exact) mass is 310 g/mol. The van der Waals surface area contributed by atoms with Crippen LogP contribution in [-0.4, -0.2) is 23.7 Å². The lowest BCUT2D eigenvalue weighted by Crippen LogP contribution is -2.28. The number of allylic oxidation sites excluding steroid dienone is 1. The molecule has 1 aliphatic rings. The van der Waals surface area contributed by atoms with Crippen LogP contribution < -0.4 is 0 Å². The number of hydrogen-bond donors (Lipinski definition) is 0. The van der Waals surface area contributed by atoms with Gasteiger partial charge in [0.25, 0.3) is 0 Å². The third kappa shape index (κ3) is 4.65. The molecule has 0 atom stereocenters. The van der Waals surface area contributed by atoms with E-state index in [2.05, 4.69) is 27.1 Å². The van der Waals surface area contributed by atoms with Crippen LogP contribution in [0.25, 0.3) is 0 Å². The molecule has 5 heteroatoms. The number of nitrogens with zero attached hydrogens (tertiary/aromatic N) is 4. The average molecular weight is 310 g/mol. The number of likely N-dealkylation sites (tertiary alicyclic amines) is 1. The predicted molar refractivity (Wildman–Crippen MR) is 90.3 cm³/mol. The van der Waals surface area contributed by atoms with Gasteiger partial charge < -0.3 is 4.90 Å². The van der Waals surface area contributed by atoms with Crippen LogP contribution in [0, 0.1) is 23.7 Å². The summed E-state index contributed by atoms with van der Waals surface area (Å²) < 4.78 is 0. The van der Waals surface area contributed by atoms with E-state index in [-0.39, 0.29) is 0 Å². The van der Waals surface area contributed by atoms with Gasteiger partial charge in [-0.05, 0) is 31.4 Å². The molecule has 1 aliphatic heterocycles. The van der Waals surface area contributed by atoms with Gasteiger partial charge in [-0.1, -0.05) is 35.9 Å². The molecule has 1 aromatic rings. The highest BCUT2D eigenvalue weighted by atomic mass is 32.2. The molecule has 0 radical (unpaired) electrons. The van der Waals surface area contributed by atoms with Gasteiger partial charge in [0.05, 0.1) is 11.4 Å². The van der Waals surface area contributed by atoms with Crippen molar-refractivity contribution in [3.05, 3.63) is 41.1 Å². The third-order valence-electron chi connectivity index (χ3n) is 3.27. The Morgan fingerprint density at radius 2 is 1.95 bits per heavy atom. The normalized spacial score (nSPS) is 16.0. The summed E-state index contributed by atoms with van der Waals surface area (Å²) in [5.74, 6) is 3.14. The van der Waals surface area contributed by atoms with E-state index in [1.54, 1.807) is 0 Å². The van der Waals surface area contributed by atoms with Crippen molar-refractivity contribution in [2.24, 2.45) is 10.2 Å². The van der Waals surface area contributed by atoms with E-state index < -0.39 is 0 Å². The molecule has 22 heavy (non-hydrogen) atoms. The number of nitriles is 1. The lowest BCUT2D eigenvalue weighted by molar-refractivity contribution is 0.301. The van der Waals surface area contributed by atoms with Crippen molar-refractivity contribution in [1.82, 2.24) is 4.90 Å². The second-order valence-corrected chi connectivity index (χ2v) is 5.81. The van der Waals surface area contributed by atoms with Gasteiger partial charge >= 0.3 is 0 Å². The van der Waals surface area contributed by atoms with E-state index in [1.165, 1.54) is 18.2 Å². The van der Waals surface area contributed by atoms with Crippen LogP contribution in [0.15, 0.2) is 51.3 Å². The molecular formula is C17H18N4S. The number of azo groups is 1. The minimum absolute atomic E-state index is 0.339. The van der Waals surface area contributed by atoms with Crippen LogP contribution in [0.2, 0.25) is 0 Å². The third-order valence-corrected chi connectivity index (χ3v) is 4.30. The number of rotatable bonds is 5. The first-order chi connectivity index (χ1) is 10.8. The fraction of sp³-hybridized carbons (Fsp3) is 0.353. The molecule has 1 aromatic carbocycles. The maximum Gasteiger partial charge on any atom is 0.192 e. The van der Waals surface area contributed by atoms with Gasteiger partial charge in [-0.2, -0.15) is 5.26 Å². The van der Waals surface area contributed by atoms with Crippen LogP contribution in [0.1, 0.15) is 19.3 Å². The van der Waals surface area contributed by atoms with Crippen molar-refractivity contribution in [2.45, 2.75) is 19.3 Å². The van der Waals surface area contributed by atoms with Crippen molar-refractivity contribution >= 4 is 17.4 Å². The zero-order valence-electron chi connectivity index (χ0n) is 12.4. The van der Waals surface area contributed by atoms with Crippen molar-refractivity contribution in [3.63, 3.8) is 0 Å². The van der Waals surface area contributed by atoms with Gasteiger partial charge in [0.15, 0.2) is 5.70 Å². The quantitative estimate of drug-likeness (QED) is 0.462. The van der Waals surface area contributed by atoms with E-state index in [1.807, 2.05) is 30.3 Å². The summed E-state index contributed by atoms with van der Waals surface area (Å²) in [6.45, 7) is 1.89. The van der Waals surface area contributed by atoms with Crippen LogP contribution in [0.5, 0.6) is 0 Å². The second kappa shape index (κ2) is 8.92. The first-order valence-corrected chi connectivity index (χ1v) is 8.26. The Morgan fingerprint density at radius 3 is 2.59 bits per heavy atom. The van der Waals surface area contributed by atoms with E-state index in [0.29, 0.717) is 11.4 Å². The Hall–Kier alpha value is -2.24. The van der Waals surface area contributed by atoms with Crippen LogP contribution >= 0.6 is 11.8 Å². The fourth-order valence-electron chi connectivity index (χ4n) is 2.23. The zero-order valence-corrected chi connectivity index (χ0v) is 13.2. The molecule has 0 aliphatic carbocycles. The smallest absolute Gasteiger partial charge is 0.192 e. The maximum atomic E-state index is 9.45. The molecule has 1 saturated heterocycles. The Kier molecular flexibility index (Phi) is 6.54. The lowest BCUT2D eigenvalue weighted by Gasteiger charge is -2.30. The van der Waals surface area contributed by atoms with Gasteiger partial charge in [-0.15, -0.1) is 16.7 Å². The maximum absolute atomic E-state index is 9.45. The van der Waals surface area contributed by atoms with E-state index >= 15 is 0 Å². The summed E-state index contributed by atoms with van der Waals surface area (Å²) in [5, 5.41) is 18.6. The lowest BCUT2D eigenvalue weighted by atomic mass is 10.1. The molecule has 0 N–H and O–H groups in total. The largest absolute Gasteiger partial charge is 0.364 e. The van der Waals surface area contributed by atoms with Crippen molar-refractivity contribution in [3.8, 4) is 18.4 Å².